The maximum absolute atomic E-state index is 13.0. The van der Waals surface area contributed by atoms with Crippen LogP contribution in [-0.2, 0) is 6.54 Å². The summed E-state index contributed by atoms with van der Waals surface area (Å²) in [4.78, 5) is 19.0. The molecule has 1 fully saturated rings. The van der Waals surface area contributed by atoms with E-state index >= 15 is 0 Å². The molecule has 0 bridgehead atoms. The van der Waals surface area contributed by atoms with Gasteiger partial charge in [-0.25, -0.2) is 0 Å². The minimum atomic E-state index is -0.0840. The predicted molar refractivity (Wildman–Crippen MR) is 90.9 cm³/mol. The van der Waals surface area contributed by atoms with E-state index in [1.54, 1.807) is 18.5 Å². The van der Waals surface area contributed by atoms with Gasteiger partial charge in [0, 0.05) is 31.6 Å². The fourth-order valence-electron chi connectivity index (χ4n) is 3.22. The Balaban J connectivity index is 1.80. The minimum absolute atomic E-state index is 0.0840. The molecule has 134 valence electrons. The lowest BCUT2D eigenvalue weighted by molar-refractivity contribution is 0.0699. The van der Waals surface area contributed by atoms with Gasteiger partial charge in [0.15, 0.2) is 0 Å². The van der Waals surface area contributed by atoms with Gasteiger partial charge in [-0.15, -0.1) is 10.2 Å². The highest BCUT2D eigenvalue weighted by molar-refractivity contribution is 5.96. The normalized spacial score (nSPS) is 17.4. The van der Waals surface area contributed by atoms with Crippen LogP contribution in [0.4, 0.5) is 0 Å². The lowest BCUT2D eigenvalue weighted by atomic mass is 9.96. The van der Waals surface area contributed by atoms with Crippen molar-refractivity contribution in [1.82, 2.24) is 24.6 Å². The smallest absolute Gasteiger partial charge is 0.259 e. The Morgan fingerprint density at radius 1 is 1.32 bits per heavy atom. The van der Waals surface area contributed by atoms with Gasteiger partial charge in [0.1, 0.15) is 17.7 Å². The second-order valence-corrected chi connectivity index (χ2v) is 5.98. The van der Waals surface area contributed by atoms with Crippen molar-refractivity contribution in [2.75, 3.05) is 27.3 Å². The average molecular weight is 345 g/mol. The number of hydrogen-bond donors (Lipinski definition) is 0. The average Bonchev–Trinajstić information content (AvgIpc) is 3.15. The van der Waals surface area contributed by atoms with E-state index in [2.05, 4.69) is 22.1 Å². The molecule has 8 heteroatoms. The van der Waals surface area contributed by atoms with Gasteiger partial charge in [0.05, 0.1) is 14.2 Å². The molecule has 2 aromatic rings. The second-order valence-electron chi connectivity index (χ2n) is 5.98. The van der Waals surface area contributed by atoms with Crippen LogP contribution in [0.3, 0.4) is 0 Å². The summed E-state index contributed by atoms with van der Waals surface area (Å²) in [6.07, 6.45) is 3.67. The predicted octanol–water partition coefficient (Wildman–Crippen LogP) is 1.73. The summed E-state index contributed by atoms with van der Waals surface area (Å²) in [5.74, 6) is 1.75. The van der Waals surface area contributed by atoms with E-state index in [9.17, 15) is 4.79 Å². The third-order valence-electron chi connectivity index (χ3n) is 4.53. The fourth-order valence-corrected chi connectivity index (χ4v) is 3.22. The molecule has 0 aliphatic carbocycles. The van der Waals surface area contributed by atoms with E-state index in [4.69, 9.17) is 9.47 Å². The zero-order valence-electron chi connectivity index (χ0n) is 14.8. The number of amides is 1. The molecular formula is C17H23N5O3. The van der Waals surface area contributed by atoms with Gasteiger partial charge in [0.25, 0.3) is 5.91 Å². The third kappa shape index (κ3) is 3.42. The Kier molecular flexibility index (Phi) is 5.16. The van der Waals surface area contributed by atoms with Crippen molar-refractivity contribution < 1.29 is 14.3 Å². The van der Waals surface area contributed by atoms with E-state index in [-0.39, 0.29) is 17.7 Å². The first kappa shape index (κ1) is 17.2. The standard InChI is InChI=1S/C17H23N5O3/c1-4-21-11-18-20-15(21)12-6-5-9-22(10-12)17(23)13-7-8-14(24-2)19-16(13)25-3/h7-8,11-12H,4-6,9-10H2,1-3H3. The topological polar surface area (TPSA) is 82.4 Å². The third-order valence-corrected chi connectivity index (χ3v) is 4.53. The number of piperidine rings is 1. The zero-order valence-corrected chi connectivity index (χ0v) is 14.8. The number of likely N-dealkylation sites (tertiary alicyclic amines) is 1. The SMILES string of the molecule is CCn1cnnc1C1CCCN(C(=O)c2ccc(OC)nc2OC)C1. The van der Waals surface area contributed by atoms with Crippen molar-refractivity contribution in [2.24, 2.45) is 0 Å². The van der Waals surface area contributed by atoms with E-state index in [0.29, 0.717) is 24.5 Å². The summed E-state index contributed by atoms with van der Waals surface area (Å²) < 4.78 is 12.4. The largest absolute Gasteiger partial charge is 0.481 e. The van der Waals surface area contributed by atoms with Gasteiger partial charge in [-0.05, 0) is 25.8 Å². The summed E-state index contributed by atoms with van der Waals surface area (Å²) in [5, 5.41) is 8.26. The van der Waals surface area contributed by atoms with Crippen LogP contribution in [0.5, 0.6) is 11.8 Å². The van der Waals surface area contributed by atoms with Crippen molar-refractivity contribution in [1.29, 1.82) is 0 Å². The van der Waals surface area contributed by atoms with Crippen LogP contribution in [0.2, 0.25) is 0 Å². The molecule has 8 nitrogen and oxygen atoms in total. The van der Waals surface area contributed by atoms with Crippen LogP contribution in [0, 0.1) is 0 Å². The van der Waals surface area contributed by atoms with Gasteiger partial charge < -0.3 is 18.9 Å². The number of ether oxygens (including phenoxy) is 2. The summed E-state index contributed by atoms with van der Waals surface area (Å²) in [6.45, 7) is 4.22. The number of methoxy groups -OCH3 is 2. The molecule has 0 spiro atoms. The highest BCUT2D eigenvalue weighted by atomic mass is 16.5. The monoisotopic (exact) mass is 345 g/mol. The minimum Gasteiger partial charge on any atom is -0.481 e. The van der Waals surface area contributed by atoms with Crippen molar-refractivity contribution in [2.45, 2.75) is 32.2 Å². The molecular weight excluding hydrogens is 322 g/mol. The maximum atomic E-state index is 13.0. The molecule has 0 radical (unpaired) electrons. The number of pyridine rings is 1. The lowest BCUT2D eigenvalue weighted by Gasteiger charge is -2.32. The quantitative estimate of drug-likeness (QED) is 0.821. The fraction of sp³-hybridized carbons (Fsp3) is 0.529. The lowest BCUT2D eigenvalue weighted by Crippen LogP contribution is -2.40. The Hall–Kier alpha value is -2.64. The summed E-state index contributed by atoms with van der Waals surface area (Å²) >= 11 is 0. The Bertz CT molecular complexity index is 746. The number of carbonyl (C=O) groups excluding carboxylic acids is 1. The van der Waals surface area contributed by atoms with Gasteiger partial charge >= 0.3 is 0 Å². The summed E-state index contributed by atoms with van der Waals surface area (Å²) in [5.41, 5.74) is 0.445. The molecule has 3 rings (SSSR count). The molecule has 2 aromatic heterocycles. The van der Waals surface area contributed by atoms with Crippen LogP contribution >= 0.6 is 0 Å². The van der Waals surface area contributed by atoms with Gasteiger partial charge in [-0.1, -0.05) is 0 Å². The number of rotatable bonds is 5. The Morgan fingerprint density at radius 3 is 2.88 bits per heavy atom. The van der Waals surface area contributed by atoms with E-state index in [0.717, 1.165) is 25.2 Å². The van der Waals surface area contributed by atoms with E-state index in [1.807, 2.05) is 9.47 Å². The zero-order chi connectivity index (χ0) is 17.8. The highest BCUT2D eigenvalue weighted by Gasteiger charge is 2.30. The molecule has 1 aliphatic rings. The molecule has 1 aliphatic heterocycles. The number of aromatic nitrogens is 4. The summed E-state index contributed by atoms with van der Waals surface area (Å²) in [6, 6.07) is 3.37. The molecule has 0 saturated carbocycles. The molecule has 1 unspecified atom stereocenters. The van der Waals surface area contributed by atoms with Crippen molar-refractivity contribution in [3.05, 3.63) is 29.8 Å². The molecule has 0 N–H and O–H groups in total. The number of aryl methyl sites for hydroxylation is 1. The van der Waals surface area contributed by atoms with Crippen LogP contribution in [-0.4, -0.2) is 57.9 Å². The molecule has 1 atom stereocenters. The van der Waals surface area contributed by atoms with Crippen LogP contribution in [0.1, 0.15) is 41.9 Å². The number of carbonyl (C=O) groups is 1. The van der Waals surface area contributed by atoms with E-state index in [1.165, 1.54) is 14.2 Å². The first-order chi connectivity index (χ1) is 12.2. The maximum Gasteiger partial charge on any atom is 0.259 e. The van der Waals surface area contributed by atoms with Crippen molar-refractivity contribution >= 4 is 5.91 Å². The molecule has 3 heterocycles. The molecule has 1 saturated heterocycles. The highest BCUT2D eigenvalue weighted by Crippen LogP contribution is 2.28. The van der Waals surface area contributed by atoms with Crippen molar-refractivity contribution in [3.63, 3.8) is 0 Å². The van der Waals surface area contributed by atoms with Gasteiger partial charge in [-0.3, -0.25) is 4.79 Å². The first-order valence-corrected chi connectivity index (χ1v) is 8.43. The van der Waals surface area contributed by atoms with Crippen LogP contribution in [0.25, 0.3) is 0 Å². The van der Waals surface area contributed by atoms with Gasteiger partial charge in [-0.2, -0.15) is 4.98 Å². The van der Waals surface area contributed by atoms with Crippen molar-refractivity contribution in [3.8, 4) is 11.8 Å². The van der Waals surface area contributed by atoms with Crippen LogP contribution in [0.15, 0.2) is 18.5 Å². The Labute approximate surface area is 146 Å². The van der Waals surface area contributed by atoms with Crippen LogP contribution < -0.4 is 9.47 Å². The molecule has 1 amide bonds. The first-order valence-electron chi connectivity index (χ1n) is 8.43. The number of hydrogen-bond acceptors (Lipinski definition) is 6. The second kappa shape index (κ2) is 7.50. The van der Waals surface area contributed by atoms with E-state index < -0.39 is 0 Å². The molecule has 0 aromatic carbocycles. The summed E-state index contributed by atoms with van der Waals surface area (Å²) in [7, 11) is 3.03. The molecule has 25 heavy (non-hydrogen) atoms. The number of nitrogens with zero attached hydrogens (tertiary/aromatic N) is 5. The van der Waals surface area contributed by atoms with Gasteiger partial charge in [0.2, 0.25) is 11.8 Å². The Morgan fingerprint density at radius 2 is 2.16 bits per heavy atom.